The third-order valence-corrected chi connectivity index (χ3v) is 3.68. The number of rotatable bonds is 2. The fraction of sp³-hybridized carbons (Fsp3) is 0.0769. The molecule has 1 unspecified atom stereocenters. The van der Waals surface area contributed by atoms with Gasteiger partial charge in [0.05, 0.1) is 0 Å². The molecule has 0 spiro atoms. The lowest BCUT2D eigenvalue weighted by Gasteiger charge is -2.15. The lowest BCUT2D eigenvalue weighted by atomic mass is 10.0. The van der Waals surface area contributed by atoms with Crippen molar-refractivity contribution in [2.75, 3.05) is 0 Å². The first-order chi connectivity index (χ1) is 8.50. The highest BCUT2D eigenvalue weighted by atomic mass is 79.9. The van der Waals surface area contributed by atoms with E-state index in [4.69, 9.17) is 23.2 Å². The molecular formula is C13H8BrCl2FO. The number of aliphatic hydroxyl groups excluding tert-OH is 1. The highest BCUT2D eigenvalue weighted by molar-refractivity contribution is 9.10. The van der Waals surface area contributed by atoms with E-state index in [0.717, 1.165) is 0 Å². The Balaban J connectivity index is 2.54. The van der Waals surface area contributed by atoms with Crippen LogP contribution in [0.5, 0.6) is 0 Å². The molecule has 18 heavy (non-hydrogen) atoms. The van der Waals surface area contributed by atoms with Crippen molar-refractivity contribution in [2.45, 2.75) is 6.10 Å². The van der Waals surface area contributed by atoms with Crippen LogP contribution in [0.25, 0.3) is 0 Å². The van der Waals surface area contributed by atoms with E-state index < -0.39 is 11.9 Å². The van der Waals surface area contributed by atoms with Crippen molar-refractivity contribution in [3.8, 4) is 0 Å². The molecular weight excluding hydrogens is 342 g/mol. The molecule has 94 valence electrons. The van der Waals surface area contributed by atoms with Gasteiger partial charge in [0.1, 0.15) is 11.9 Å². The number of hydrogen-bond acceptors (Lipinski definition) is 1. The summed E-state index contributed by atoms with van der Waals surface area (Å²) in [5, 5.41) is 10.8. The zero-order valence-electron chi connectivity index (χ0n) is 9.00. The minimum atomic E-state index is -1.20. The Morgan fingerprint density at radius 2 is 1.72 bits per heavy atom. The fourth-order valence-corrected chi connectivity index (χ4v) is 2.63. The molecule has 2 aromatic rings. The Morgan fingerprint density at radius 3 is 2.33 bits per heavy atom. The van der Waals surface area contributed by atoms with E-state index in [1.807, 2.05) is 0 Å². The Hall–Kier alpha value is -0.610. The largest absolute Gasteiger partial charge is 0.383 e. The Bertz CT molecular complexity index is 569. The normalized spacial score (nSPS) is 12.5. The maximum absolute atomic E-state index is 13.7. The summed E-state index contributed by atoms with van der Waals surface area (Å²) in [5.74, 6) is -0.512. The van der Waals surface area contributed by atoms with Crippen LogP contribution >= 0.6 is 39.1 Å². The average Bonchev–Trinajstić information content (AvgIpc) is 2.32. The third-order valence-electron chi connectivity index (χ3n) is 2.53. The molecule has 2 aromatic carbocycles. The molecule has 0 aliphatic carbocycles. The van der Waals surface area contributed by atoms with Crippen molar-refractivity contribution in [3.63, 3.8) is 0 Å². The quantitative estimate of drug-likeness (QED) is 0.810. The van der Waals surface area contributed by atoms with Crippen molar-refractivity contribution < 1.29 is 9.50 Å². The molecule has 0 aliphatic rings. The molecule has 1 atom stereocenters. The minimum Gasteiger partial charge on any atom is -0.383 e. The van der Waals surface area contributed by atoms with Gasteiger partial charge in [0, 0.05) is 25.6 Å². The lowest BCUT2D eigenvalue weighted by Crippen LogP contribution is -2.04. The predicted molar refractivity (Wildman–Crippen MR) is 74.6 cm³/mol. The van der Waals surface area contributed by atoms with Gasteiger partial charge in [-0.05, 0) is 30.3 Å². The summed E-state index contributed by atoms with van der Waals surface area (Å²) in [5.41, 5.74) is 0.428. The van der Waals surface area contributed by atoms with Crippen molar-refractivity contribution in [3.05, 3.63) is 67.9 Å². The molecule has 0 bridgehead atoms. The van der Waals surface area contributed by atoms with Gasteiger partial charge in [-0.1, -0.05) is 45.2 Å². The first-order valence-corrected chi connectivity index (χ1v) is 6.62. The maximum Gasteiger partial charge on any atom is 0.129 e. The number of benzene rings is 2. The Labute approximate surface area is 122 Å². The second-order valence-electron chi connectivity index (χ2n) is 3.70. The first kappa shape index (κ1) is 13.8. The number of halogens is 4. The van der Waals surface area contributed by atoms with Gasteiger partial charge in [-0.15, -0.1) is 0 Å². The van der Waals surface area contributed by atoms with Crippen LogP contribution in [-0.4, -0.2) is 5.11 Å². The van der Waals surface area contributed by atoms with Crippen molar-refractivity contribution >= 4 is 39.1 Å². The van der Waals surface area contributed by atoms with Crippen molar-refractivity contribution in [1.29, 1.82) is 0 Å². The molecule has 2 rings (SSSR count). The monoisotopic (exact) mass is 348 g/mol. The molecule has 1 nitrogen and oxygen atoms in total. The summed E-state index contributed by atoms with van der Waals surface area (Å²) in [6, 6.07) is 9.19. The van der Waals surface area contributed by atoms with E-state index in [9.17, 15) is 9.50 Å². The SMILES string of the molecule is OC(c1cc(Br)ccc1F)c1c(Cl)cccc1Cl. The highest BCUT2D eigenvalue weighted by Crippen LogP contribution is 2.35. The summed E-state index contributed by atoms with van der Waals surface area (Å²) in [6.07, 6.45) is -1.20. The van der Waals surface area contributed by atoms with Gasteiger partial charge in [-0.2, -0.15) is 0 Å². The number of aliphatic hydroxyl groups is 1. The molecule has 0 saturated heterocycles. The van der Waals surface area contributed by atoms with E-state index in [1.165, 1.54) is 12.1 Å². The molecule has 0 saturated carbocycles. The van der Waals surface area contributed by atoms with E-state index in [0.29, 0.717) is 20.1 Å². The number of hydrogen-bond donors (Lipinski definition) is 1. The molecule has 0 heterocycles. The van der Waals surface area contributed by atoms with Gasteiger partial charge in [-0.3, -0.25) is 0 Å². The summed E-state index contributed by atoms with van der Waals surface area (Å²) in [4.78, 5) is 0. The van der Waals surface area contributed by atoms with Crippen LogP contribution in [0, 0.1) is 5.82 Å². The first-order valence-electron chi connectivity index (χ1n) is 5.07. The van der Waals surface area contributed by atoms with Gasteiger partial charge < -0.3 is 5.11 Å². The smallest absolute Gasteiger partial charge is 0.129 e. The molecule has 0 radical (unpaired) electrons. The van der Waals surface area contributed by atoms with Crippen molar-refractivity contribution in [2.24, 2.45) is 0 Å². The van der Waals surface area contributed by atoms with E-state index in [1.54, 1.807) is 24.3 Å². The summed E-state index contributed by atoms with van der Waals surface area (Å²) < 4.78 is 14.4. The van der Waals surface area contributed by atoms with E-state index >= 15 is 0 Å². The van der Waals surface area contributed by atoms with Gasteiger partial charge in [0.25, 0.3) is 0 Å². The molecule has 0 fully saturated rings. The topological polar surface area (TPSA) is 20.2 Å². The molecule has 0 amide bonds. The van der Waals surface area contributed by atoms with Crippen LogP contribution in [0.4, 0.5) is 4.39 Å². The summed E-state index contributed by atoms with van der Waals surface area (Å²) >= 11 is 15.2. The fourth-order valence-electron chi connectivity index (χ4n) is 1.65. The van der Waals surface area contributed by atoms with Crippen LogP contribution in [0.3, 0.4) is 0 Å². The van der Waals surface area contributed by atoms with Gasteiger partial charge in [0.15, 0.2) is 0 Å². The third kappa shape index (κ3) is 2.69. The Morgan fingerprint density at radius 1 is 1.11 bits per heavy atom. The maximum atomic E-state index is 13.7. The molecule has 5 heteroatoms. The molecule has 1 N–H and O–H groups in total. The predicted octanol–water partition coefficient (Wildman–Crippen LogP) is 4.98. The summed E-state index contributed by atoms with van der Waals surface area (Å²) in [7, 11) is 0. The van der Waals surface area contributed by atoms with Crippen LogP contribution in [0.15, 0.2) is 40.9 Å². The van der Waals surface area contributed by atoms with E-state index in [2.05, 4.69) is 15.9 Å². The standard InChI is InChI=1S/C13H8BrCl2FO/c14-7-4-5-11(17)8(6-7)13(18)12-9(15)2-1-3-10(12)16/h1-6,13,18H. The molecule has 0 aromatic heterocycles. The zero-order chi connectivity index (χ0) is 13.3. The zero-order valence-corrected chi connectivity index (χ0v) is 12.1. The molecule has 0 aliphatic heterocycles. The van der Waals surface area contributed by atoms with Crippen LogP contribution < -0.4 is 0 Å². The average molecular weight is 350 g/mol. The summed E-state index contributed by atoms with van der Waals surface area (Å²) in [6.45, 7) is 0. The van der Waals surface area contributed by atoms with E-state index in [-0.39, 0.29) is 5.56 Å². The highest BCUT2D eigenvalue weighted by Gasteiger charge is 2.20. The minimum absolute atomic E-state index is 0.124. The van der Waals surface area contributed by atoms with Crippen molar-refractivity contribution in [1.82, 2.24) is 0 Å². The second kappa shape index (κ2) is 5.57. The lowest BCUT2D eigenvalue weighted by molar-refractivity contribution is 0.215. The van der Waals surface area contributed by atoms with Gasteiger partial charge in [-0.25, -0.2) is 4.39 Å². The van der Waals surface area contributed by atoms with Gasteiger partial charge >= 0.3 is 0 Å². The van der Waals surface area contributed by atoms with Gasteiger partial charge in [0.2, 0.25) is 0 Å². The van der Waals surface area contributed by atoms with Crippen LogP contribution in [0.1, 0.15) is 17.2 Å². The second-order valence-corrected chi connectivity index (χ2v) is 5.43. The van der Waals surface area contributed by atoms with Crippen LogP contribution in [0.2, 0.25) is 10.0 Å². The Kier molecular flexibility index (Phi) is 4.28. The van der Waals surface area contributed by atoms with Crippen LogP contribution in [-0.2, 0) is 0 Å².